The van der Waals surface area contributed by atoms with Crippen LogP contribution in [0.1, 0.15) is 50.1 Å². The van der Waals surface area contributed by atoms with Gasteiger partial charge in [0.15, 0.2) is 10.0 Å². The molecule has 1 saturated carbocycles. The molecule has 1 aromatic carbocycles. The fraction of sp³-hybridized carbons (Fsp3) is 0.625. The zero-order valence-corrected chi connectivity index (χ0v) is 33.5. The molecule has 3 aromatic rings. The second kappa shape index (κ2) is 15.0. The highest BCUT2D eigenvalue weighted by Gasteiger charge is 2.54. The first kappa shape index (κ1) is 39.5. The van der Waals surface area contributed by atoms with E-state index in [9.17, 15) is 30.9 Å². The largest absolute Gasteiger partial charge is 0.365 e. The third-order valence-electron chi connectivity index (χ3n) is 9.08. The van der Waals surface area contributed by atoms with Gasteiger partial charge in [0.1, 0.15) is 18.0 Å². The van der Waals surface area contributed by atoms with Crippen molar-refractivity contribution in [2.24, 2.45) is 0 Å². The van der Waals surface area contributed by atoms with Gasteiger partial charge in [-0.15, -0.1) is 10.2 Å². The number of hydrogen-bond donors (Lipinski definition) is 0. The van der Waals surface area contributed by atoms with Gasteiger partial charge >= 0.3 is 0 Å². The molecule has 51 heavy (non-hydrogen) atoms. The summed E-state index contributed by atoms with van der Waals surface area (Å²) in [4.78, 5) is 1.84. The summed E-state index contributed by atoms with van der Waals surface area (Å²) >= 11 is 0.681. The van der Waals surface area contributed by atoms with Crippen molar-refractivity contribution in [3.63, 3.8) is 0 Å². The highest BCUT2D eigenvalue weighted by molar-refractivity contribution is 7.89. The number of sulfonamides is 2. The molecule has 0 radical (unpaired) electrons. The van der Waals surface area contributed by atoms with Crippen LogP contribution in [0.15, 0.2) is 23.1 Å². The number of nitriles is 1. The first-order valence-electron chi connectivity index (χ1n) is 16.8. The van der Waals surface area contributed by atoms with Crippen LogP contribution >= 0.6 is 11.3 Å². The Morgan fingerprint density at radius 2 is 1.84 bits per heavy atom. The number of ether oxygens (including phenoxy) is 1. The van der Waals surface area contributed by atoms with Crippen LogP contribution in [-0.2, 0) is 31.3 Å². The van der Waals surface area contributed by atoms with Gasteiger partial charge in [-0.05, 0) is 71.0 Å². The SMILES string of the molecule is CC(C)S(=O)(=O)N1CC=C(c2cc(S(=O)(=O)N(COCC[Si](C)(C)C)C3(C#N)CC3)cc3c(-c4nnc(C(F)F)s4)nn(CCN(C)C)c23)CC1. The molecule has 19 heteroatoms. The molecule has 1 aliphatic heterocycles. The number of alkyl halides is 2. The van der Waals surface area contributed by atoms with E-state index in [4.69, 9.17) is 9.84 Å². The maximum absolute atomic E-state index is 14.7. The Hall–Kier alpha value is -2.70. The number of nitrogens with zero attached hydrogens (tertiary/aromatic N) is 8. The first-order chi connectivity index (χ1) is 23.8. The van der Waals surface area contributed by atoms with Crippen LogP contribution < -0.4 is 0 Å². The van der Waals surface area contributed by atoms with Gasteiger partial charge in [-0.2, -0.15) is 19.0 Å². The summed E-state index contributed by atoms with van der Waals surface area (Å²) in [5.41, 5.74) is 0.740. The van der Waals surface area contributed by atoms with Crippen molar-refractivity contribution in [2.45, 2.75) is 87.4 Å². The van der Waals surface area contributed by atoms with Gasteiger partial charge in [-0.1, -0.05) is 37.1 Å². The predicted octanol–water partition coefficient (Wildman–Crippen LogP) is 5.24. The summed E-state index contributed by atoms with van der Waals surface area (Å²) in [6.45, 7) is 11.1. The van der Waals surface area contributed by atoms with E-state index in [1.165, 1.54) is 10.4 Å². The van der Waals surface area contributed by atoms with Crippen molar-refractivity contribution in [1.29, 1.82) is 5.26 Å². The lowest BCUT2D eigenvalue weighted by Gasteiger charge is -2.29. The molecule has 1 aliphatic carbocycles. The monoisotopic (exact) mass is 784 g/mol. The van der Waals surface area contributed by atoms with Crippen molar-refractivity contribution >= 4 is 55.9 Å². The quantitative estimate of drug-likeness (QED) is 0.107. The molecule has 0 saturated heterocycles. The molecule has 280 valence electrons. The maximum Gasteiger partial charge on any atom is 0.291 e. The van der Waals surface area contributed by atoms with Crippen LogP contribution in [0.5, 0.6) is 0 Å². The number of hydrogen-bond acceptors (Lipinski definition) is 11. The topological polar surface area (TPSA) is 155 Å². The zero-order valence-electron chi connectivity index (χ0n) is 30.1. The molecular weight excluding hydrogens is 739 g/mol. The Labute approximate surface area is 304 Å². The lowest BCUT2D eigenvalue weighted by Crippen LogP contribution is -2.43. The van der Waals surface area contributed by atoms with Gasteiger partial charge in [0.25, 0.3) is 6.43 Å². The molecule has 1 fully saturated rings. The van der Waals surface area contributed by atoms with Crippen LogP contribution in [0.4, 0.5) is 8.78 Å². The number of benzene rings is 1. The number of likely N-dealkylation sites (N-methyl/N-ethyl adjacent to an activating group) is 1. The second-order valence-corrected chi connectivity index (χ2v) is 25.7. The summed E-state index contributed by atoms with van der Waals surface area (Å²) in [6.07, 6.45) is -0.0619. The van der Waals surface area contributed by atoms with E-state index in [1.807, 2.05) is 19.0 Å². The Morgan fingerprint density at radius 3 is 2.37 bits per heavy atom. The Balaban J connectivity index is 1.71. The lowest BCUT2D eigenvalue weighted by atomic mass is 9.97. The van der Waals surface area contributed by atoms with Gasteiger partial charge in [0.05, 0.1) is 28.3 Å². The van der Waals surface area contributed by atoms with Crippen molar-refractivity contribution in [2.75, 3.05) is 47.1 Å². The molecule has 13 nitrogen and oxygen atoms in total. The Morgan fingerprint density at radius 1 is 1.14 bits per heavy atom. The van der Waals surface area contributed by atoms with Crippen LogP contribution in [0.2, 0.25) is 25.7 Å². The van der Waals surface area contributed by atoms with Crippen LogP contribution in [0.25, 0.3) is 27.2 Å². The number of fused-ring (bicyclic) bond motifs is 1. The zero-order chi connectivity index (χ0) is 37.5. The molecule has 0 bridgehead atoms. The smallest absolute Gasteiger partial charge is 0.291 e. The minimum atomic E-state index is -4.38. The van der Waals surface area contributed by atoms with Gasteiger partial charge in [-0.25, -0.2) is 25.6 Å². The summed E-state index contributed by atoms with van der Waals surface area (Å²) in [5, 5.41) is 22.0. The van der Waals surface area contributed by atoms with Crippen molar-refractivity contribution in [3.8, 4) is 16.8 Å². The fourth-order valence-electron chi connectivity index (χ4n) is 5.75. The average molecular weight is 785 g/mol. The van der Waals surface area contributed by atoms with E-state index in [-0.39, 0.29) is 35.4 Å². The van der Waals surface area contributed by atoms with Crippen LogP contribution in [-0.4, -0.2) is 116 Å². The summed E-state index contributed by atoms with van der Waals surface area (Å²) in [5.74, 6) is 0. The van der Waals surface area contributed by atoms with Gasteiger partial charge < -0.3 is 9.64 Å². The van der Waals surface area contributed by atoms with Gasteiger partial charge in [-0.3, -0.25) is 4.68 Å². The molecule has 5 rings (SSSR count). The van der Waals surface area contributed by atoms with Crippen molar-refractivity contribution in [1.82, 2.24) is 33.5 Å². The molecular formula is C32H46F2N8O5S3Si. The van der Waals surface area contributed by atoms with E-state index >= 15 is 0 Å². The minimum Gasteiger partial charge on any atom is -0.365 e. The molecule has 0 N–H and O–H groups in total. The molecule has 0 atom stereocenters. The number of aromatic nitrogens is 4. The molecule has 2 aromatic heterocycles. The van der Waals surface area contributed by atoms with Crippen LogP contribution in [0.3, 0.4) is 0 Å². The lowest BCUT2D eigenvalue weighted by molar-refractivity contribution is 0.0660. The normalized spacial score (nSPS) is 17.2. The van der Waals surface area contributed by atoms with Crippen molar-refractivity contribution in [3.05, 3.63) is 28.8 Å². The third kappa shape index (κ3) is 8.43. The highest BCUT2D eigenvalue weighted by atomic mass is 32.2. The highest BCUT2D eigenvalue weighted by Crippen LogP contribution is 2.46. The van der Waals surface area contributed by atoms with E-state index in [0.717, 1.165) is 15.9 Å². The Kier molecular flexibility index (Phi) is 11.6. The molecule has 0 unspecified atom stereocenters. The number of rotatable bonds is 16. The van der Waals surface area contributed by atoms with Gasteiger partial charge in [0.2, 0.25) is 20.0 Å². The fourth-order valence-corrected chi connectivity index (χ4v) is 10.1. The third-order valence-corrected chi connectivity index (χ3v) is 15.8. The Bertz CT molecular complexity index is 2050. The van der Waals surface area contributed by atoms with E-state index < -0.39 is 50.3 Å². The predicted molar refractivity (Wildman–Crippen MR) is 196 cm³/mol. The molecule has 3 heterocycles. The van der Waals surface area contributed by atoms with E-state index in [0.29, 0.717) is 66.8 Å². The average Bonchev–Trinajstić information content (AvgIpc) is 3.51. The maximum atomic E-state index is 14.7. The summed E-state index contributed by atoms with van der Waals surface area (Å²) in [6, 6.07) is 6.04. The van der Waals surface area contributed by atoms with E-state index in [2.05, 4.69) is 35.9 Å². The van der Waals surface area contributed by atoms with Crippen LogP contribution in [0, 0.1) is 11.3 Å². The summed E-state index contributed by atoms with van der Waals surface area (Å²) < 4.78 is 92.9. The van der Waals surface area contributed by atoms with E-state index in [1.54, 1.807) is 30.7 Å². The molecule has 2 aliphatic rings. The first-order valence-corrected chi connectivity index (χ1v) is 24.3. The second-order valence-electron chi connectivity index (χ2n) is 14.8. The van der Waals surface area contributed by atoms with Gasteiger partial charge in [0, 0.05) is 45.3 Å². The minimum absolute atomic E-state index is 0.0930. The van der Waals surface area contributed by atoms with Crippen molar-refractivity contribution < 1.29 is 30.4 Å². The molecule has 0 amide bonds. The standard InChI is InChI=1S/C32H46F2N8O5S3Si/c1-22(2)49(43,44)40-12-8-23(9-13-40)25-18-24(50(45,46)42(32(20-35)10-11-32)21-47-16-17-51(5,6)7)19-26-27(30-36-37-31(48-30)29(33)34)38-41(28(25)26)15-14-39(3)4/h8,18-19,22,29H,9-17,21H2,1-7H3. The number of halogens is 2. The summed E-state index contributed by atoms with van der Waals surface area (Å²) in [7, 11) is -5.61. The molecule has 0 spiro atoms.